The van der Waals surface area contributed by atoms with Gasteiger partial charge in [-0.1, -0.05) is 12.8 Å². The maximum absolute atomic E-state index is 12.4. The highest BCUT2D eigenvalue weighted by Gasteiger charge is 2.43. The number of halogens is 1. The summed E-state index contributed by atoms with van der Waals surface area (Å²) in [5.41, 5.74) is 0. The number of hydrogen-bond acceptors (Lipinski definition) is 5. The Morgan fingerprint density at radius 1 is 1.20 bits per heavy atom. The minimum atomic E-state index is -0.515. The molecule has 0 spiro atoms. The molecule has 1 saturated heterocycles. The van der Waals surface area contributed by atoms with Crippen LogP contribution in [0.2, 0.25) is 0 Å². The topological polar surface area (TPSA) is 75.2 Å². The molecular weight excluding hydrogens is 324 g/mol. The van der Waals surface area contributed by atoms with Gasteiger partial charge in [0.15, 0.2) is 0 Å². The smallest absolute Gasteiger partial charge is 0.252 e. The molecule has 2 fully saturated rings. The van der Waals surface area contributed by atoms with E-state index in [4.69, 9.17) is 0 Å². The number of nitrogens with zero attached hydrogens (tertiary/aromatic N) is 3. The van der Waals surface area contributed by atoms with Crippen molar-refractivity contribution in [2.75, 3.05) is 5.32 Å². The van der Waals surface area contributed by atoms with Gasteiger partial charge in [0.1, 0.15) is 16.5 Å². The van der Waals surface area contributed by atoms with Crippen LogP contribution in [0.4, 0.5) is 5.82 Å². The third-order valence-electron chi connectivity index (χ3n) is 3.82. The van der Waals surface area contributed by atoms with Crippen LogP contribution in [0.15, 0.2) is 17.0 Å². The average Bonchev–Trinajstić information content (AvgIpc) is 3.02. The quantitative estimate of drug-likeness (QED) is 0.849. The molecule has 3 rings (SSSR count). The summed E-state index contributed by atoms with van der Waals surface area (Å²) in [7, 11) is 0. The van der Waals surface area contributed by atoms with Crippen LogP contribution in [0.5, 0.6) is 0 Å². The second kappa shape index (κ2) is 5.47. The van der Waals surface area contributed by atoms with E-state index in [0.29, 0.717) is 10.4 Å². The van der Waals surface area contributed by atoms with E-state index in [2.05, 4.69) is 31.2 Å². The van der Waals surface area contributed by atoms with E-state index in [1.54, 1.807) is 12.4 Å². The Labute approximate surface area is 125 Å². The summed E-state index contributed by atoms with van der Waals surface area (Å²) >= 11 is 3.20. The molecule has 1 saturated carbocycles. The third-order valence-corrected chi connectivity index (χ3v) is 4.22. The van der Waals surface area contributed by atoms with E-state index in [1.807, 2.05) is 0 Å². The second-order valence-electron chi connectivity index (χ2n) is 5.17. The highest BCUT2D eigenvalue weighted by atomic mass is 79.9. The number of aromatic nitrogens is 2. The van der Waals surface area contributed by atoms with Gasteiger partial charge in [0.25, 0.3) is 5.91 Å². The first-order valence-electron chi connectivity index (χ1n) is 6.75. The number of likely N-dealkylation sites (tertiary alicyclic amines) is 1. The van der Waals surface area contributed by atoms with Gasteiger partial charge in [0.2, 0.25) is 5.91 Å². The van der Waals surface area contributed by atoms with Crippen LogP contribution in [0, 0.1) is 0 Å². The maximum Gasteiger partial charge on any atom is 0.252 e. The van der Waals surface area contributed by atoms with E-state index in [0.717, 1.165) is 25.7 Å². The van der Waals surface area contributed by atoms with Crippen LogP contribution in [0.1, 0.15) is 32.1 Å². The number of hydrogen-bond donors (Lipinski definition) is 1. The van der Waals surface area contributed by atoms with Crippen molar-refractivity contribution in [3.63, 3.8) is 0 Å². The predicted octanol–water partition coefficient (Wildman–Crippen LogP) is 1.72. The summed E-state index contributed by atoms with van der Waals surface area (Å²) in [4.78, 5) is 34.0. The van der Waals surface area contributed by atoms with Gasteiger partial charge in [-0.2, -0.15) is 0 Å². The Balaban J connectivity index is 1.70. The Bertz CT molecular complexity index is 528. The molecule has 2 heterocycles. The predicted molar refractivity (Wildman–Crippen MR) is 75.9 cm³/mol. The van der Waals surface area contributed by atoms with Crippen molar-refractivity contribution in [2.24, 2.45) is 0 Å². The first-order chi connectivity index (χ1) is 9.65. The lowest BCUT2D eigenvalue weighted by Crippen LogP contribution is -2.41. The molecule has 1 aromatic rings. The number of carbonyl (C=O) groups is 2. The number of amides is 2. The van der Waals surface area contributed by atoms with Crippen molar-refractivity contribution >= 4 is 33.6 Å². The van der Waals surface area contributed by atoms with Crippen molar-refractivity contribution in [3.05, 3.63) is 17.0 Å². The summed E-state index contributed by atoms with van der Waals surface area (Å²) in [6, 6.07) is -0.420. The summed E-state index contributed by atoms with van der Waals surface area (Å²) in [6.07, 6.45) is 7.35. The zero-order valence-electron chi connectivity index (χ0n) is 10.9. The number of carbonyl (C=O) groups excluding carboxylic acids is 2. The van der Waals surface area contributed by atoms with Crippen LogP contribution in [-0.4, -0.2) is 38.8 Å². The molecule has 1 unspecified atom stereocenters. The Morgan fingerprint density at radius 2 is 1.95 bits per heavy atom. The fraction of sp³-hybridized carbons (Fsp3) is 0.538. The molecule has 106 valence electrons. The highest BCUT2D eigenvalue weighted by Crippen LogP contribution is 2.28. The zero-order chi connectivity index (χ0) is 14.1. The van der Waals surface area contributed by atoms with E-state index < -0.39 is 6.04 Å². The summed E-state index contributed by atoms with van der Waals surface area (Å²) in [5.74, 6) is 0.295. The Morgan fingerprint density at radius 3 is 2.60 bits per heavy atom. The van der Waals surface area contributed by atoms with Crippen LogP contribution in [-0.2, 0) is 9.59 Å². The third kappa shape index (κ3) is 2.54. The van der Waals surface area contributed by atoms with Gasteiger partial charge in [-0.15, -0.1) is 0 Å². The van der Waals surface area contributed by atoms with Crippen molar-refractivity contribution in [1.29, 1.82) is 0 Å². The first kappa shape index (κ1) is 13.5. The molecule has 2 aliphatic rings. The molecule has 6 nitrogen and oxygen atoms in total. The van der Waals surface area contributed by atoms with E-state index in [9.17, 15) is 9.59 Å². The molecule has 2 amide bonds. The largest absolute Gasteiger partial charge is 0.357 e. The number of anilines is 1. The normalized spacial score (nSPS) is 23.6. The molecule has 20 heavy (non-hydrogen) atoms. The van der Waals surface area contributed by atoms with Crippen LogP contribution < -0.4 is 5.32 Å². The second-order valence-corrected chi connectivity index (χ2v) is 5.98. The molecule has 0 aromatic carbocycles. The zero-order valence-corrected chi connectivity index (χ0v) is 12.5. The SMILES string of the molecule is O=C1CC(Nc2cnc(Br)cn2)C(=O)N1C1CCCC1. The van der Waals surface area contributed by atoms with E-state index in [-0.39, 0.29) is 24.3 Å². The van der Waals surface area contributed by atoms with Gasteiger partial charge in [-0.05, 0) is 28.8 Å². The van der Waals surface area contributed by atoms with Crippen LogP contribution in [0.3, 0.4) is 0 Å². The monoisotopic (exact) mass is 338 g/mol. The van der Waals surface area contributed by atoms with Crippen molar-refractivity contribution in [2.45, 2.75) is 44.2 Å². The molecule has 1 aliphatic carbocycles. The van der Waals surface area contributed by atoms with Crippen LogP contribution >= 0.6 is 15.9 Å². The Kier molecular flexibility index (Phi) is 3.69. The summed E-state index contributed by atoms with van der Waals surface area (Å²) in [5, 5.41) is 3.00. The first-order valence-corrected chi connectivity index (χ1v) is 7.54. The number of rotatable bonds is 3. The minimum absolute atomic E-state index is 0.0792. The lowest BCUT2D eigenvalue weighted by Gasteiger charge is -2.22. The van der Waals surface area contributed by atoms with Gasteiger partial charge in [0.05, 0.1) is 18.8 Å². The fourth-order valence-electron chi connectivity index (χ4n) is 2.88. The molecule has 1 aliphatic heterocycles. The fourth-order valence-corrected chi connectivity index (χ4v) is 3.08. The highest BCUT2D eigenvalue weighted by molar-refractivity contribution is 9.10. The molecular formula is C13H15BrN4O2. The number of nitrogens with one attached hydrogen (secondary N) is 1. The lowest BCUT2D eigenvalue weighted by atomic mass is 10.2. The molecule has 0 radical (unpaired) electrons. The van der Waals surface area contributed by atoms with Crippen molar-refractivity contribution in [3.8, 4) is 0 Å². The minimum Gasteiger partial charge on any atom is -0.357 e. The van der Waals surface area contributed by atoms with E-state index in [1.165, 1.54) is 4.90 Å². The van der Waals surface area contributed by atoms with Crippen LogP contribution in [0.25, 0.3) is 0 Å². The maximum atomic E-state index is 12.4. The summed E-state index contributed by atoms with van der Waals surface area (Å²) < 4.78 is 0.629. The van der Waals surface area contributed by atoms with Gasteiger partial charge in [0, 0.05) is 6.04 Å². The van der Waals surface area contributed by atoms with Gasteiger partial charge in [-0.3, -0.25) is 14.5 Å². The Hall–Kier alpha value is -1.50. The summed E-state index contributed by atoms with van der Waals surface area (Å²) in [6.45, 7) is 0. The lowest BCUT2D eigenvalue weighted by molar-refractivity contribution is -0.141. The van der Waals surface area contributed by atoms with Crippen molar-refractivity contribution < 1.29 is 9.59 Å². The number of imide groups is 1. The van der Waals surface area contributed by atoms with Gasteiger partial charge < -0.3 is 5.32 Å². The van der Waals surface area contributed by atoms with Crippen molar-refractivity contribution in [1.82, 2.24) is 14.9 Å². The molecule has 1 aromatic heterocycles. The molecule has 1 N–H and O–H groups in total. The average molecular weight is 339 g/mol. The molecule has 0 bridgehead atoms. The molecule has 1 atom stereocenters. The molecule has 7 heteroatoms. The standard InChI is InChI=1S/C13H15BrN4O2/c14-10-6-16-11(7-15-10)17-9-5-12(19)18(13(9)20)8-3-1-2-4-8/h6-9H,1-5H2,(H,16,17). The van der Waals surface area contributed by atoms with Gasteiger partial charge >= 0.3 is 0 Å². The van der Waals surface area contributed by atoms with Gasteiger partial charge in [-0.25, -0.2) is 9.97 Å². The van der Waals surface area contributed by atoms with E-state index >= 15 is 0 Å².